The molecule has 1 aliphatic carbocycles. The van der Waals surface area contributed by atoms with E-state index in [4.69, 9.17) is 0 Å². The largest absolute Gasteiger partial charge is 0.347 e. The maximum absolute atomic E-state index is 12.3. The molecule has 0 bridgehead atoms. The molecule has 0 radical (unpaired) electrons. The first-order valence-electron chi connectivity index (χ1n) is 9.61. The van der Waals surface area contributed by atoms with Gasteiger partial charge in [0.2, 0.25) is 6.41 Å². The van der Waals surface area contributed by atoms with Gasteiger partial charge in [-0.2, -0.15) is 0 Å². The van der Waals surface area contributed by atoms with Crippen LogP contribution in [0.15, 0.2) is 24.4 Å². The first-order valence-corrected chi connectivity index (χ1v) is 10.6. The Hall–Kier alpha value is -1.69. The predicted molar refractivity (Wildman–Crippen MR) is 106 cm³/mol. The smallest absolute Gasteiger partial charge is 0.262 e. The molecule has 1 fully saturated rings. The summed E-state index contributed by atoms with van der Waals surface area (Å²) in [6.07, 6.45) is 13.9. The highest BCUT2D eigenvalue weighted by Gasteiger charge is 2.18. The van der Waals surface area contributed by atoms with E-state index in [1.54, 1.807) is 4.90 Å². The number of aromatic nitrogens is 1. The number of fused-ring (bicyclic) bond motifs is 1. The molecule has 1 aliphatic heterocycles. The first kappa shape index (κ1) is 19.1. The molecule has 1 aromatic heterocycles. The number of nitrogens with one attached hydrogen (secondary N) is 1. The van der Waals surface area contributed by atoms with Crippen molar-refractivity contribution in [2.45, 2.75) is 52.1 Å². The van der Waals surface area contributed by atoms with E-state index in [1.165, 1.54) is 37.6 Å². The molecule has 1 N–H and O–H groups in total. The normalized spacial score (nSPS) is 18.4. The number of carbonyl (C=O) groups excluding carboxylic acids is 2. The average molecular weight is 376 g/mol. The summed E-state index contributed by atoms with van der Waals surface area (Å²) in [6, 6.07) is 1.89. The second kappa shape index (κ2) is 9.31. The van der Waals surface area contributed by atoms with Crippen molar-refractivity contribution in [2.75, 3.05) is 12.3 Å². The fourth-order valence-electron chi connectivity index (χ4n) is 3.35. The fraction of sp³-hybridized carbons (Fsp3) is 0.600. The second-order valence-corrected chi connectivity index (χ2v) is 8.40. The number of amides is 2. The van der Waals surface area contributed by atoms with Crippen LogP contribution in [0.3, 0.4) is 0 Å². The molecule has 6 heteroatoms. The molecule has 0 unspecified atom stereocenters. The predicted octanol–water partition coefficient (Wildman–Crippen LogP) is 3.61. The topological polar surface area (TPSA) is 54.3 Å². The Balaban J connectivity index is 1.36. The highest BCUT2D eigenvalue weighted by Crippen LogP contribution is 2.29. The van der Waals surface area contributed by atoms with E-state index in [9.17, 15) is 9.59 Å². The Morgan fingerprint density at radius 3 is 2.96 bits per heavy atom. The van der Waals surface area contributed by atoms with E-state index in [0.717, 1.165) is 36.7 Å². The molecule has 1 aromatic rings. The summed E-state index contributed by atoms with van der Waals surface area (Å²) < 4.78 is 5.01. The lowest BCUT2D eigenvalue weighted by Gasteiger charge is -2.24. The van der Waals surface area contributed by atoms with Crippen LogP contribution in [0.5, 0.6) is 0 Å². The summed E-state index contributed by atoms with van der Waals surface area (Å²) in [5.74, 6) is 2.33. The Bertz CT molecular complexity index is 651. The molecule has 3 rings (SSSR count). The van der Waals surface area contributed by atoms with Gasteiger partial charge < -0.3 is 9.47 Å². The van der Waals surface area contributed by atoms with Crippen LogP contribution in [0.2, 0.25) is 0 Å². The number of allylic oxidation sites excluding steroid dienone is 2. The average Bonchev–Trinajstić information content (AvgIpc) is 3.03. The Kier molecular flexibility index (Phi) is 6.83. The molecular formula is C20H29N3O2S. The molecular weight excluding hydrogens is 346 g/mol. The highest BCUT2D eigenvalue weighted by molar-refractivity contribution is 7.97. The van der Waals surface area contributed by atoms with Gasteiger partial charge in [-0.1, -0.05) is 38.3 Å². The van der Waals surface area contributed by atoms with Gasteiger partial charge >= 0.3 is 0 Å². The van der Waals surface area contributed by atoms with Crippen molar-refractivity contribution in [3.8, 4) is 0 Å². The van der Waals surface area contributed by atoms with E-state index < -0.39 is 0 Å². The van der Waals surface area contributed by atoms with Crippen molar-refractivity contribution in [3.05, 3.63) is 35.7 Å². The lowest BCUT2D eigenvalue weighted by atomic mass is 9.83. The lowest BCUT2D eigenvalue weighted by molar-refractivity contribution is -0.119. The second-order valence-electron chi connectivity index (χ2n) is 7.58. The number of carbonyl (C=O) groups is 2. The Morgan fingerprint density at radius 2 is 2.23 bits per heavy atom. The molecule has 2 aliphatic rings. The van der Waals surface area contributed by atoms with Crippen LogP contribution in [-0.2, 0) is 17.9 Å². The maximum Gasteiger partial charge on any atom is 0.262 e. The zero-order chi connectivity index (χ0) is 18.4. The van der Waals surface area contributed by atoms with Crippen LogP contribution in [0, 0.1) is 11.8 Å². The highest BCUT2D eigenvalue weighted by atomic mass is 32.2. The molecule has 2 amide bonds. The summed E-state index contributed by atoms with van der Waals surface area (Å²) in [4.78, 5) is 24.9. The Morgan fingerprint density at radius 1 is 1.38 bits per heavy atom. The van der Waals surface area contributed by atoms with Crippen molar-refractivity contribution in [2.24, 2.45) is 11.8 Å². The van der Waals surface area contributed by atoms with Gasteiger partial charge in [0.05, 0.1) is 12.1 Å². The van der Waals surface area contributed by atoms with Crippen molar-refractivity contribution in [1.29, 1.82) is 0 Å². The zero-order valence-corrected chi connectivity index (χ0v) is 16.3. The third-order valence-electron chi connectivity index (χ3n) is 5.32. The summed E-state index contributed by atoms with van der Waals surface area (Å²) >= 11 is 1.49. The van der Waals surface area contributed by atoms with Gasteiger partial charge in [-0.05, 0) is 42.7 Å². The van der Waals surface area contributed by atoms with Gasteiger partial charge in [0.25, 0.3) is 5.91 Å². The first-order chi connectivity index (χ1) is 12.7. The third-order valence-corrected chi connectivity index (χ3v) is 6.39. The van der Waals surface area contributed by atoms with Crippen molar-refractivity contribution in [1.82, 2.24) is 14.2 Å². The van der Waals surface area contributed by atoms with Crippen LogP contribution >= 0.6 is 11.9 Å². The molecule has 0 aromatic carbocycles. The quantitative estimate of drug-likeness (QED) is 0.407. The lowest BCUT2D eigenvalue weighted by Crippen LogP contribution is -2.31. The molecule has 1 saturated carbocycles. The van der Waals surface area contributed by atoms with Crippen molar-refractivity contribution < 1.29 is 9.59 Å². The SMILES string of the molecule is C[C@@H](C/C=C/CC1CCC1)CSNC(=O)c1cc2n(c1)CCN(C=O)C2. The number of nitrogens with zero attached hydrogens (tertiary/aromatic N) is 2. The molecule has 26 heavy (non-hydrogen) atoms. The van der Waals surface area contributed by atoms with Gasteiger partial charge in [0.15, 0.2) is 0 Å². The van der Waals surface area contributed by atoms with Gasteiger partial charge in [-0.3, -0.25) is 14.3 Å². The van der Waals surface area contributed by atoms with Crippen molar-refractivity contribution >= 4 is 24.3 Å². The number of hydrogen-bond donors (Lipinski definition) is 1. The van der Waals surface area contributed by atoms with E-state index in [0.29, 0.717) is 24.6 Å². The minimum Gasteiger partial charge on any atom is -0.347 e. The standard InChI is InChI=1S/C20H29N3O2S/c1-16(5-2-3-6-17-7-4-8-17)14-26-21-20(25)18-11-19-13-22(15-24)9-10-23(19)12-18/h2-3,11-12,15-17H,4-10,13-14H2,1H3,(H,21,25)/b3-2+/t16-/m0/s1. The van der Waals surface area contributed by atoms with E-state index >= 15 is 0 Å². The zero-order valence-electron chi connectivity index (χ0n) is 15.5. The molecule has 0 spiro atoms. The van der Waals surface area contributed by atoms with Gasteiger partial charge in [-0.15, -0.1) is 0 Å². The molecule has 2 heterocycles. The summed E-state index contributed by atoms with van der Waals surface area (Å²) in [5, 5.41) is 0. The van der Waals surface area contributed by atoms with E-state index in [-0.39, 0.29) is 5.91 Å². The van der Waals surface area contributed by atoms with E-state index in [2.05, 4.69) is 28.4 Å². The Labute approximate surface area is 160 Å². The summed E-state index contributed by atoms with van der Waals surface area (Å²) in [5.41, 5.74) is 1.69. The van der Waals surface area contributed by atoms with Gasteiger partial charge in [0.1, 0.15) is 0 Å². The number of rotatable bonds is 9. The molecule has 142 valence electrons. The monoisotopic (exact) mass is 375 g/mol. The molecule has 5 nitrogen and oxygen atoms in total. The molecule has 1 atom stereocenters. The van der Waals surface area contributed by atoms with Gasteiger partial charge in [-0.25, -0.2) is 0 Å². The van der Waals surface area contributed by atoms with Crippen LogP contribution in [-0.4, -0.2) is 34.1 Å². The summed E-state index contributed by atoms with van der Waals surface area (Å²) in [7, 11) is 0. The van der Waals surface area contributed by atoms with Crippen LogP contribution in [0.4, 0.5) is 0 Å². The van der Waals surface area contributed by atoms with Crippen molar-refractivity contribution in [3.63, 3.8) is 0 Å². The minimum atomic E-state index is -0.0534. The van der Waals surface area contributed by atoms with Crippen LogP contribution in [0.25, 0.3) is 0 Å². The number of hydrogen-bond acceptors (Lipinski definition) is 3. The van der Waals surface area contributed by atoms with Crippen LogP contribution < -0.4 is 4.72 Å². The third kappa shape index (κ3) is 5.16. The maximum atomic E-state index is 12.3. The van der Waals surface area contributed by atoms with E-state index in [1.807, 2.05) is 12.3 Å². The van der Waals surface area contributed by atoms with Crippen LogP contribution in [0.1, 0.15) is 55.1 Å². The fourth-order valence-corrected chi connectivity index (χ4v) is 4.11. The minimum absolute atomic E-state index is 0.0534. The van der Waals surface area contributed by atoms with Gasteiger partial charge in [0, 0.05) is 30.7 Å². The molecule has 0 saturated heterocycles. The summed E-state index contributed by atoms with van der Waals surface area (Å²) in [6.45, 7) is 4.25.